The predicted octanol–water partition coefficient (Wildman–Crippen LogP) is 31.2. The molecular weight excluding hydrogens is 1000 g/mol. The third-order valence-electron chi connectivity index (χ3n) is 20.0. The third kappa shape index (κ3) is 82.0. The van der Waals surface area contributed by atoms with E-state index in [4.69, 9.17) is 5.11 Å². The molecule has 0 aromatic heterocycles. The van der Waals surface area contributed by atoms with Crippen molar-refractivity contribution in [2.75, 3.05) is 6.61 Å². The molecule has 0 aromatic rings. The van der Waals surface area contributed by atoms with Gasteiger partial charge in [-0.1, -0.05) is 514 Å². The first-order chi connectivity index (χ1) is 41.4. The van der Waals surface area contributed by atoms with Crippen molar-refractivity contribution in [1.29, 1.82) is 0 Å². The molecule has 0 saturated heterocycles. The fourth-order valence-electron chi connectivity index (χ4n) is 14.0. The molecule has 0 spiro atoms. The molecule has 0 rings (SSSR count). The van der Waals surface area contributed by atoms with E-state index in [1.807, 2.05) is 0 Å². The van der Waals surface area contributed by atoms with Gasteiger partial charge in [0.05, 0.1) is 0 Å². The Bertz CT molecular complexity index is 955. The summed E-state index contributed by atoms with van der Waals surface area (Å²) in [5.41, 5.74) is 0. The molecule has 1 nitrogen and oxygen atoms in total. The highest BCUT2D eigenvalue weighted by Gasteiger charge is 2.02. The maximum Gasteiger partial charge on any atom is 0.0431 e. The highest BCUT2D eigenvalue weighted by molar-refractivity contribution is 4.58. The summed E-state index contributed by atoms with van der Waals surface area (Å²) in [5, 5.41) is 8.85. The summed E-state index contributed by atoms with van der Waals surface area (Å²) in [7, 11) is 0. The Morgan fingerprint density at radius 1 is 0.0964 bits per heavy atom. The number of rotatable bonds is 80. The smallest absolute Gasteiger partial charge is 0.0431 e. The molecule has 500 valence electrons. The second-order valence-corrected chi connectivity index (χ2v) is 28.7. The Hall–Kier alpha value is -0.0400. The predicted molar refractivity (Wildman–Crippen MR) is 382 cm³/mol. The molecule has 0 aromatic carbocycles. The minimum atomic E-state index is 0.375. The molecule has 0 aliphatic heterocycles. The van der Waals surface area contributed by atoms with Crippen LogP contribution in [0.25, 0.3) is 0 Å². The van der Waals surface area contributed by atoms with E-state index in [0.717, 1.165) is 6.42 Å². The van der Waals surface area contributed by atoms with Gasteiger partial charge in [0.15, 0.2) is 0 Å². The van der Waals surface area contributed by atoms with Gasteiger partial charge in [-0.2, -0.15) is 0 Å². The van der Waals surface area contributed by atoms with Gasteiger partial charge in [-0.15, -0.1) is 0 Å². The molecule has 1 N–H and O–H groups in total. The molecule has 1 heteroatoms. The Labute approximate surface area is 529 Å². The SMILES string of the molecule is CCCCCCCCCCCCCCCCCCCCCCCCCCCCCCCCCCCCCCCCCCCCCCCCCCCCCCCCCCCCCCCCCCCCCCCCCCCCCCCCCCO. The van der Waals surface area contributed by atoms with Crippen LogP contribution in [-0.2, 0) is 0 Å². The fraction of sp³-hybridized carbons (Fsp3) is 1.00. The normalized spacial score (nSPS) is 11.8. The van der Waals surface area contributed by atoms with Gasteiger partial charge in [-0.3, -0.25) is 0 Å². The number of aliphatic hydroxyl groups is 1. The van der Waals surface area contributed by atoms with Crippen LogP contribution < -0.4 is 0 Å². The van der Waals surface area contributed by atoms with Crippen LogP contribution >= 0.6 is 0 Å². The Morgan fingerprint density at radius 2 is 0.157 bits per heavy atom. The molecule has 0 amide bonds. The molecular formula is C82H166O. The Kier molecular flexibility index (Phi) is 81.9. The average Bonchev–Trinajstić information content (AvgIpc) is 3.49. The van der Waals surface area contributed by atoms with Crippen LogP contribution in [-0.4, -0.2) is 11.7 Å². The van der Waals surface area contributed by atoms with Crippen LogP contribution in [0.1, 0.15) is 521 Å². The highest BCUT2D eigenvalue weighted by atomic mass is 16.2. The molecule has 0 heterocycles. The van der Waals surface area contributed by atoms with E-state index in [-0.39, 0.29) is 0 Å². The molecule has 0 aliphatic carbocycles. The molecule has 0 saturated carbocycles. The molecule has 0 bridgehead atoms. The van der Waals surface area contributed by atoms with Crippen molar-refractivity contribution in [1.82, 2.24) is 0 Å². The summed E-state index contributed by atoms with van der Waals surface area (Å²) in [6, 6.07) is 0. The van der Waals surface area contributed by atoms with Gasteiger partial charge in [-0.25, -0.2) is 0 Å². The van der Waals surface area contributed by atoms with Gasteiger partial charge in [0, 0.05) is 6.61 Å². The van der Waals surface area contributed by atoms with Crippen molar-refractivity contribution in [3.63, 3.8) is 0 Å². The van der Waals surface area contributed by atoms with E-state index in [2.05, 4.69) is 6.92 Å². The summed E-state index contributed by atoms with van der Waals surface area (Å²) in [4.78, 5) is 0. The van der Waals surface area contributed by atoms with Gasteiger partial charge < -0.3 is 5.11 Å². The quantitative estimate of drug-likeness (QED) is 0.0602. The molecule has 0 radical (unpaired) electrons. The van der Waals surface area contributed by atoms with Crippen LogP contribution in [0.2, 0.25) is 0 Å². The zero-order chi connectivity index (χ0) is 59.3. The van der Waals surface area contributed by atoms with Crippen LogP contribution in [0.15, 0.2) is 0 Å². The molecule has 83 heavy (non-hydrogen) atoms. The first-order valence-corrected chi connectivity index (χ1v) is 41.0. The summed E-state index contributed by atoms with van der Waals surface area (Å²) < 4.78 is 0. The minimum Gasteiger partial charge on any atom is -0.396 e. The van der Waals surface area contributed by atoms with Crippen molar-refractivity contribution in [3.8, 4) is 0 Å². The van der Waals surface area contributed by atoms with Crippen molar-refractivity contribution < 1.29 is 5.11 Å². The maximum atomic E-state index is 8.85. The largest absolute Gasteiger partial charge is 0.396 e. The van der Waals surface area contributed by atoms with E-state index >= 15 is 0 Å². The molecule has 0 atom stereocenters. The maximum absolute atomic E-state index is 8.85. The lowest BCUT2D eigenvalue weighted by atomic mass is 10.0. The zero-order valence-corrected chi connectivity index (χ0v) is 58.7. The number of aliphatic hydroxyl groups excluding tert-OH is 1. The van der Waals surface area contributed by atoms with Crippen LogP contribution in [0.4, 0.5) is 0 Å². The lowest BCUT2D eigenvalue weighted by Gasteiger charge is -2.05. The average molecular weight is 1170 g/mol. The van der Waals surface area contributed by atoms with Crippen molar-refractivity contribution in [2.24, 2.45) is 0 Å². The summed E-state index contributed by atoms with van der Waals surface area (Å²) in [6.07, 6.45) is 118. The first-order valence-electron chi connectivity index (χ1n) is 41.0. The van der Waals surface area contributed by atoms with E-state index < -0.39 is 0 Å². The van der Waals surface area contributed by atoms with Crippen LogP contribution in [0.3, 0.4) is 0 Å². The van der Waals surface area contributed by atoms with E-state index in [1.165, 1.54) is 507 Å². The fourth-order valence-corrected chi connectivity index (χ4v) is 14.0. The van der Waals surface area contributed by atoms with Crippen molar-refractivity contribution in [2.45, 2.75) is 521 Å². The topological polar surface area (TPSA) is 20.2 Å². The Balaban J connectivity index is 3.08. The van der Waals surface area contributed by atoms with Gasteiger partial charge in [0.2, 0.25) is 0 Å². The van der Waals surface area contributed by atoms with E-state index in [0.29, 0.717) is 6.61 Å². The first kappa shape index (κ1) is 83.0. The third-order valence-corrected chi connectivity index (χ3v) is 20.0. The zero-order valence-electron chi connectivity index (χ0n) is 58.7. The summed E-state index contributed by atoms with van der Waals surface area (Å²) in [6.45, 7) is 2.69. The lowest BCUT2D eigenvalue weighted by molar-refractivity contribution is 0.282. The van der Waals surface area contributed by atoms with Crippen LogP contribution in [0.5, 0.6) is 0 Å². The number of hydrogen-bond donors (Lipinski definition) is 1. The second-order valence-electron chi connectivity index (χ2n) is 28.7. The van der Waals surface area contributed by atoms with Gasteiger partial charge in [0.1, 0.15) is 0 Å². The van der Waals surface area contributed by atoms with Gasteiger partial charge in [0.25, 0.3) is 0 Å². The summed E-state index contributed by atoms with van der Waals surface area (Å²) >= 11 is 0. The molecule has 0 fully saturated rings. The minimum absolute atomic E-state index is 0.375. The monoisotopic (exact) mass is 1170 g/mol. The van der Waals surface area contributed by atoms with Crippen molar-refractivity contribution >= 4 is 0 Å². The van der Waals surface area contributed by atoms with Crippen molar-refractivity contribution in [3.05, 3.63) is 0 Å². The summed E-state index contributed by atoms with van der Waals surface area (Å²) in [5.74, 6) is 0. The second kappa shape index (κ2) is 82.0. The molecule has 0 unspecified atom stereocenters. The lowest BCUT2D eigenvalue weighted by Crippen LogP contribution is -1.85. The highest BCUT2D eigenvalue weighted by Crippen LogP contribution is 2.22. The number of hydrogen-bond acceptors (Lipinski definition) is 1. The Morgan fingerprint density at radius 3 is 0.217 bits per heavy atom. The van der Waals surface area contributed by atoms with E-state index in [1.54, 1.807) is 0 Å². The molecule has 0 aliphatic rings. The van der Waals surface area contributed by atoms with Crippen LogP contribution in [0, 0.1) is 0 Å². The van der Waals surface area contributed by atoms with Gasteiger partial charge in [-0.05, 0) is 6.42 Å². The van der Waals surface area contributed by atoms with Gasteiger partial charge >= 0.3 is 0 Å². The van der Waals surface area contributed by atoms with E-state index in [9.17, 15) is 0 Å². The number of unbranched alkanes of at least 4 members (excludes halogenated alkanes) is 79. The standard InChI is InChI=1S/C82H166O/c1-2-3-4-5-6-7-8-9-10-11-12-13-14-15-16-17-18-19-20-21-22-23-24-25-26-27-28-29-30-31-32-33-34-35-36-37-38-39-40-41-42-43-44-45-46-47-48-49-50-51-52-53-54-55-56-57-58-59-60-61-62-63-64-65-66-67-68-69-70-71-72-73-74-75-76-77-78-79-80-81-82-83/h83H,2-82H2,1H3.